The van der Waals surface area contributed by atoms with Crippen LogP contribution in [0.25, 0.3) is 11.3 Å². The van der Waals surface area contributed by atoms with E-state index in [0.717, 1.165) is 4.68 Å². The van der Waals surface area contributed by atoms with Crippen molar-refractivity contribution in [3.63, 3.8) is 0 Å². The summed E-state index contributed by atoms with van der Waals surface area (Å²) in [5.74, 6) is -0.597. The minimum Gasteiger partial charge on any atom is -0.459 e. The first-order chi connectivity index (χ1) is 15.3. The van der Waals surface area contributed by atoms with Crippen LogP contribution in [0.3, 0.4) is 0 Å². The van der Waals surface area contributed by atoms with Crippen molar-refractivity contribution in [1.29, 1.82) is 0 Å². The zero-order valence-electron chi connectivity index (χ0n) is 17.8. The highest BCUT2D eigenvalue weighted by Gasteiger charge is 2.38. The van der Waals surface area contributed by atoms with Gasteiger partial charge >= 0.3 is 0 Å². The van der Waals surface area contributed by atoms with E-state index in [1.165, 1.54) is 24.5 Å². The molecule has 4 rings (SSSR count). The molecule has 0 unspecified atom stereocenters. The van der Waals surface area contributed by atoms with Crippen LogP contribution in [0.15, 0.2) is 64.0 Å². The van der Waals surface area contributed by atoms with Crippen LogP contribution in [0, 0.1) is 5.82 Å². The molecule has 1 aliphatic heterocycles. The number of nitrogens with zero attached hydrogens (tertiary/aromatic N) is 4. The highest BCUT2D eigenvalue weighted by Crippen LogP contribution is 2.21. The molecular weight excluding hydrogens is 415 g/mol. The molecule has 3 heterocycles. The number of carbonyl (C=O) groups excluding carboxylic acids is 2. The highest BCUT2D eigenvalue weighted by molar-refractivity contribution is 5.91. The minimum atomic E-state index is -1.25. The maximum atomic E-state index is 13.3. The summed E-state index contributed by atoms with van der Waals surface area (Å²) in [5, 5.41) is 4.39. The fourth-order valence-corrected chi connectivity index (χ4v) is 3.73. The Morgan fingerprint density at radius 2 is 1.62 bits per heavy atom. The smallest absolute Gasteiger partial charge is 0.289 e. The average Bonchev–Trinajstić information content (AvgIpc) is 3.34. The highest BCUT2D eigenvalue weighted by atomic mass is 19.1. The van der Waals surface area contributed by atoms with E-state index in [0.29, 0.717) is 37.4 Å². The third-order valence-electron chi connectivity index (χ3n) is 5.58. The number of piperazine rings is 1. The predicted molar refractivity (Wildman–Crippen MR) is 114 cm³/mol. The molecule has 0 aliphatic carbocycles. The van der Waals surface area contributed by atoms with Gasteiger partial charge in [0.05, 0.1) is 12.0 Å². The molecule has 0 spiro atoms. The third-order valence-corrected chi connectivity index (χ3v) is 5.58. The van der Waals surface area contributed by atoms with Gasteiger partial charge in [0, 0.05) is 37.8 Å². The van der Waals surface area contributed by atoms with Crippen molar-refractivity contribution in [1.82, 2.24) is 19.6 Å². The molecule has 32 heavy (non-hydrogen) atoms. The summed E-state index contributed by atoms with van der Waals surface area (Å²) in [6.07, 6.45) is 1.44. The molecule has 0 bridgehead atoms. The van der Waals surface area contributed by atoms with Crippen molar-refractivity contribution in [3.8, 4) is 11.3 Å². The second-order valence-corrected chi connectivity index (χ2v) is 8.10. The predicted octanol–water partition coefficient (Wildman–Crippen LogP) is 2.36. The Balaban J connectivity index is 1.51. The number of carbonyl (C=O) groups is 2. The van der Waals surface area contributed by atoms with E-state index in [1.807, 2.05) is 0 Å². The summed E-state index contributed by atoms with van der Waals surface area (Å²) in [5.41, 5.74) is -0.575. The fourth-order valence-electron chi connectivity index (χ4n) is 3.73. The maximum Gasteiger partial charge on any atom is 0.289 e. The Labute approximate surface area is 183 Å². The van der Waals surface area contributed by atoms with Crippen LogP contribution < -0.4 is 5.56 Å². The average molecular weight is 438 g/mol. The molecule has 0 saturated carbocycles. The normalized spacial score (nSPS) is 14.5. The largest absolute Gasteiger partial charge is 0.459 e. The molecule has 0 N–H and O–H groups in total. The summed E-state index contributed by atoms with van der Waals surface area (Å²) in [4.78, 5) is 41.6. The van der Waals surface area contributed by atoms with Crippen molar-refractivity contribution in [3.05, 3.63) is 76.7 Å². The van der Waals surface area contributed by atoms with Gasteiger partial charge in [0.25, 0.3) is 11.5 Å². The molecule has 3 aromatic rings. The van der Waals surface area contributed by atoms with E-state index in [-0.39, 0.29) is 23.4 Å². The van der Waals surface area contributed by atoms with E-state index in [2.05, 4.69) is 5.10 Å². The van der Waals surface area contributed by atoms with Crippen LogP contribution >= 0.6 is 0 Å². The number of amides is 2. The van der Waals surface area contributed by atoms with Gasteiger partial charge in [-0.25, -0.2) is 9.07 Å². The molecular formula is C23H23FN4O4. The molecule has 166 valence electrons. The van der Waals surface area contributed by atoms with Gasteiger partial charge in [-0.2, -0.15) is 5.10 Å². The van der Waals surface area contributed by atoms with Gasteiger partial charge in [0.1, 0.15) is 11.4 Å². The molecule has 1 aliphatic rings. The summed E-state index contributed by atoms with van der Waals surface area (Å²) in [6, 6.07) is 11.9. The van der Waals surface area contributed by atoms with Gasteiger partial charge < -0.3 is 14.2 Å². The molecule has 1 aromatic carbocycles. The Morgan fingerprint density at radius 1 is 0.969 bits per heavy atom. The summed E-state index contributed by atoms with van der Waals surface area (Å²) in [6.45, 7) is 4.66. The summed E-state index contributed by atoms with van der Waals surface area (Å²) in [7, 11) is 0. The molecule has 9 heteroatoms. The first kappa shape index (κ1) is 21.5. The van der Waals surface area contributed by atoms with Crippen LogP contribution in [0.2, 0.25) is 0 Å². The van der Waals surface area contributed by atoms with E-state index < -0.39 is 11.1 Å². The van der Waals surface area contributed by atoms with Crippen molar-refractivity contribution in [2.75, 3.05) is 26.2 Å². The number of halogens is 1. The Kier molecular flexibility index (Phi) is 5.65. The van der Waals surface area contributed by atoms with Crippen LogP contribution in [-0.2, 0) is 10.3 Å². The van der Waals surface area contributed by atoms with Crippen LogP contribution in [0.4, 0.5) is 4.39 Å². The van der Waals surface area contributed by atoms with E-state index in [9.17, 15) is 18.8 Å². The lowest BCUT2D eigenvalue weighted by atomic mass is 10.0. The van der Waals surface area contributed by atoms with Gasteiger partial charge in [0.2, 0.25) is 5.91 Å². The van der Waals surface area contributed by atoms with Crippen molar-refractivity contribution < 1.29 is 18.4 Å². The molecule has 2 amide bonds. The number of aromatic nitrogens is 2. The first-order valence-electron chi connectivity index (χ1n) is 10.3. The zero-order chi connectivity index (χ0) is 22.9. The van der Waals surface area contributed by atoms with E-state index in [1.54, 1.807) is 54.0 Å². The lowest BCUT2D eigenvalue weighted by Gasteiger charge is -2.38. The monoisotopic (exact) mass is 438 g/mol. The topological polar surface area (TPSA) is 88.7 Å². The van der Waals surface area contributed by atoms with E-state index in [4.69, 9.17) is 4.42 Å². The van der Waals surface area contributed by atoms with Crippen LogP contribution in [0.1, 0.15) is 24.4 Å². The zero-order valence-corrected chi connectivity index (χ0v) is 17.8. The minimum absolute atomic E-state index is 0.216. The van der Waals surface area contributed by atoms with Crippen molar-refractivity contribution in [2.45, 2.75) is 19.4 Å². The molecule has 1 saturated heterocycles. The summed E-state index contributed by atoms with van der Waals surface area (Å²) < 4.78 is 19.6. The quantitative estimate of drug-likeness (QED) is 0.624. The molecule has 0 radical (unpaired) electrons. The van der Waals surface area contributed by atoms with Gasteiger partial charge in [0.15, 0.2) is 5.76 Å². The van der Waals surface area contributed by atoms with Crippen molar-refractivity contribution in [2.24, 2.45) is 0 Å². The standard InChI is InChI=1S/C23H23FN4O4/c1-23(2,28-20(29)10-9-18(25-28)16-5-7-17(24)8-6-16)22(31)27-13-11-26(12-14-27)21(30)19-4-3-15-32-19/h3-10,15H,11-14H2,1-2H3. The Morgan fingerprint density at radius 3 is 2.25 bits per heavy atom. The van der Waals surface area contributed by atoms with Gasteiger partial charge in [-0.1, -0.05) is 0 Å². The van der Waals surface area contributed by atoms with Gasteiger partial charge in [-0.3, -0.25) is 14.4 Å². The van der Waals surface area contributed by atoms with Gasteiger partial charge in [-0.15, -0.1) is 0 Å². The maximum absolute atomic E-state index is 13.3. The number of rotatable bonds is 4. The number of furan rings is 1. The van der Waals surface area contributed by atoms with Crippen LogP contribution in [-0.4, -0.2) is 57.6 Å². The number of hydrogen-bond donors (Lipinski definition) is 0. The van der Waals surface area contributed by atoms with Gasteiger partial charge in [-0.05, 0) is 56.3 Å². The Bertz CT molecular complexity index is 1180. The van der Waals surface area contributed by atoms with Crippen LogP contribution in [0.5, 0.6) is 0 Å². The molecule has 8 nitrogen and oxygen atoms in total. The lowest BCUT2D eigenvalue weighted by Crippen LogP contribution is -2.57. The molecule has 0 atom stereocenters. The second kappa shape index (κ2) is 8.41. The molecule has 1 fully saturated rings. The van der Waals surface area contributed by atoms with E-state index >= 15 is 0 Å². The molecule has 2 aromatic heterocycles. The second-order valence-electron chi connectivity index (χ2n) is 8.10. The van der Waals surface area contributed by atoms with Crippen molar-refractivity contribution >= 4 is 11.8 Å². The SMILES string of the molecule is CC(C)(C(=O)N1CCN(C(=O)c2ccco2)CC1)n1nc(-c2ccc(F)cc2)ccc1=O. The fraction of sp³-hybridized carbons (Fsp3) is 0.304. The summed E-state index contributed by atoms with van der Waals surface area (Å²) >= 11 is 0. The third kappa shape index (κ3) is 4.05. The lowest BCUT2D eigenvalue weighted by molar-refractivity contribution is -0.141. The number of hydrogen-bond acceptors (Lipinski definition) is 5. The first-order valence-corrected chi connectivity index (χ1v) is 10.3. The number of benzene rings is 1. The Hall–Kier alpha value is -3.75.